The van der Waals surface area contributed by atoms with Gasteiger partial charge in [0.1, 0.15) is 0 Å². The van der Waals surface area contributed by atoms with Crippen LogP contribution in [-0.4, -0.2) is 23.7 Å². The molecule has 2 nitrogen and oxygen atoms in total. The number of rotatable bonds is 4. The molecule has 0 aliphatic carbocycles. The van der Waals surface area contributed by atoms with E-state index in [-0.39, 0.29) is 24.1 Å². The zero-order valence-electron chi connectivity index (χ0n) is 8.85. The maximum absolute atomic E-state index is 11.8. The van der Waals surface area contributed by atoms with Crippen LogP contribution in [0.1, 0.15) is 10.4 Å². The molecule has 1 aromatic carbocycles. The summed E-state index contributed by atoms with van der Waals surface area (Å²) in [6.45, 7) is -0.0362. The fourth-order valence-electron chi connectivity index (χ4n) is 1.10. The van der Waals surface area contributed by atoms with E-state index in [0.717, 1.165) is 4.47 Å². The lowest BCUT2D eigenvalue weighted by Gasteiger charge is -2.08. The Morgan fingerprint density at radius 3 is 2.56 bits per heavy atom. The molecule has 0 aliphatic rings. The molecule has 0 unspecified atom stereocenters. The number of thioether (sulfide) groups is 1. The van der Waals surface area contributed by atoms with Crippen molar-refractivity contribution in [1.82, 2.24) is 5.32 Å². The van der Waals surface area contributed by atoms with Crippen LogP contribution in [0.2, 0.25) is 0 Å². The third kappa shape index (κ3) is 5.62. The first-order valence-electron chi connectivity index (χ1n) is 4.73. The van der Waals surface area contributed by atoms with E-state index < -0.39 is 11.4 Å². The number of halogens is 5. The Kier molecular flexibility index (Phi) is 6.00. The molecule has 1 aromatic rings. The van der Waals surface area contributed by atoms with Crippen molar-refractivity contribution in [2.45, 2.75) is 5.51 Å². The summed E-state index contributed by atoms with van der Waals surface area (Å²) in [4.78, 5) is 11.7. The number of amides is 1. The van der Waals surface area contributed by atoms with Gasteiger partial charge in [-0.2, -0.15) is 13.2 Å². The molecule has 1 N–H and O–H groups in total. The number of carbonyl (C=O) groups excluding carboxylic acids is 1. The lowest BCUT2D eigenvalue weighted by Crippen LogP contribution is -2.26. The van der Waals surface area contributed by atoms with Crippen LogP contribution in [0.15, 0.2) is 27.1 Å². The van der Waals surface area contributed by atoms with Gasteiger partial charge in [0.25, 0.3) is 5.91 Å². The van der Waals surface area contributed by atoms with Crippen LogP contribution < -0.4 is 5.32 Å². The first-order valence-corrected chi connectivity index (χ1v) is 7.31. The fourth-order valence-corrected chi connectivity index (χ4v) is 2.76. The monoisotopic (exact) mass is 405 g/mol. The van der Waals surface area contributed by atoms with E-state index in [1.54, 1.807) is 18.2 Å². The van der Waals surface area contributed by atoms with Gasteiger partial charge in [0.2, 0.25) is 0 Å². The zero-order valence-corrected chi connectivity index (χ0v) is 12.8. The highest BCUT2D eigenvalue weighted by Crippen LogP contribution is 2.29. The smallest absolute Gasteiger partial charge is 0.351 e. The molecule has 0 saturated heterocycles. The topological polar surface area (TPSA) is 29.1 Å². The lowest BCUT2D eigenvalue weighted by molar-refractivity contribution is -0.0327. The summed E-state index contributed by atoms with van der Waals surface area (Å²) in [6.07, 6.45) is 0. The molecule has 0 atom stereocenters. The molecule has 0 bridgehead atoms. The molecule has 0 saturated carbocycles. The normalized spacial score (nSPS) is 11.4. The minimum Gasteiger partial charge on any atom is -0.351 e. The van der Waals surface area contributed by atoms with Gasteiger partial charge in [-0.25, -0.2) is 0 Å². The maximum atomic E-state index is 11.8. The first-order chi connectivity index (χ1) is 8.29. The fraction of sp³-hybridized carbons (Fsp3) is 0.300. The molecule has 0 heterocycles. The molecule has 0 spiro atoms. The average Bonchev–Trinajstić information content (AvgIpc) is 2.22. The van der Waals surface area contributed by atoms with E-state index in [9.17, 15) is 18.0 Å². The van der Waals surface area contributed by atoms with Crippen molar-refractivity contribution >= 4 is 49.5 Å². The highest BCUT2D eigenvalue weighted by Gasteiger charge is 2.27. The Morgan fingerprint density at radius 2 is 2.00 bits per heavy atom. The Bertz CT molecular complexity index is 440. The largest absolute Gasteiger partial charge is 0.441 e. The molecule has 1 amide bonds. The second kappa shape index (κ2) is 6.81. The third-order valence-electron chi connectivity index (χ3n) is 1.83. The molecule has 0 radical (unpaired) electrons. The predicted octanol–water partition coefficient (Wildman–Crippen LogP) is 4.19. The van der Waals surface area contributed by atoms with Gasteiger partial charge in [0.15, 0.2) is 0 Å². The van der Waals surface area contributed by atoms with E-state index in [2.05, 4.69) is 37.2 Å². The number of benzene rings is 1. The van der Waals surface area contributed by atoms with Gasteiger partial charge in [-0.1, -0.05) is 15.9 Å². The van der Waals surface area contributed by atoms with Gasteiger partial charge in [0, 0.05) is 21.2 Å². The summed E-state index contributed by atoms with van der Waals surface area (Å²) in [6, 6.07) is 4.96. The van der Waals surface area contributed by atoms with Crippen LogP contribution >= 0.6 is 43.6 Å². The zero-order chi connectivity index (χ0) is 13.8. The highest BCUT2D eigenvalue weighted by atomic mass is 79.9. The van der Waals surface area contributed by atoms with E-state index in [0.29, 0.717) is 10.0 Å². The summed E-state index contributed by atoms with van der Waals surface area (Å²) in [5.74, 6) is -0.610. The van der Waals surface area contributed by atoms with Gasteiger partial charge < -0.3 is 5.32 Å². The van der Waals surface area contributed by atoms with Crippen LogP contribution in [0.25, 0.3) is 0 Å². The van der Waals surface area contributed by atoms with E-state index in [1.807, 2.05) is 0 Å². The molecule has 8 heteroatoms. The van der Waals surface area contributed by atoms with Crippen LogP contribution in [0, 0.1) is 0 Å². The highest BCUT2D eigenvalue weighted by molar-refractivity contribution is 9.11. The van der Waals surface area contributed by atoms with Crippen LogP contribution in [-0.2, 0) is 0 Å². The maximum Gasteiger partial charge on any atom is 0.441 e. The first kappa shape index (κ1) is 15.8. The summed E-state index contributed by atoms with van der Waals surface area (Å²) in [5, 5.41) is 2.43. The standard InChI is InChI=1S/C10H8Br2F3NOS/c11-6-1-2-7(8(12)5-6)9(17)16-3-4-18-10(13,14)15/h1-2,5H,3-4H2,(H,16,17). The molecule has 0 fully saturated rings. The number of hydrogen-bond donors (Lipinski definition) is 1. The Morgan fingerprint density at radius 1 is 1.33 bits per heavy atom. The molecule has 100 valence electrons. The van der Waals surface area contributed by atoms with Gasteiger partial charge in [-0.3, -0.25) is 4.79 Å². The molecule has 0 aliphatic heterocycles. The molecule has 0 aromatic heterocycles. The van der Waals surface area contributed by atoms with Crippen molar-refractivity contribution < 1.29 is 18.0 Å². The van der Waals surface area contributed by atoms with E-state index >= 15 is 0 Å². The SMILES string of the molecule is O=C(NCCSC(F)(F)F)c1ccc(Br)cc1Br. The second-order valence-corrected chi connectivity index (χ2v) is 6.10. The van der Waals surface area contributed by atoms with Crippen molar-refractivity contribution in [2.75, 3.05) is 12.3 Å². The van der Waals surface area contributed by atoms with E-state index in [4.69, 9.17) is 0 Å². The van der Waals surface area contributed by atoms with E-state index in [1.165, 1.54) is 0 Å². The van der Waals surface area contributed by atoms with Crippen LogP contribution in [0.5, 0.6) is 0 Å². The summed E-state index contributed by atoms with van der Waals surface area (Å²) in [7, 11) is 0. The van der Waals surface area contributed by atoms with Gasteiger partial charge in [0.05, 0.1) is 5.56 Å². The lowest BCUT2D eigenvalue weighted by atomic mass is 10.2. The Hall–Kier alpha value is -0.210. The minimum atomic E-state index is -4.26. The van der Waals surface area contributed by atoms with Crippen molar-refractivity contribution in [3.63, 3.8) is 0 Å². The predicted molar refractivity (Wildman–Crippen MR) is 72.7 cm³/mol. The van der Waals surface area contributed by atoms with Crippen molar-refractivity contribution in [3.8, 4) is 0 Å². The van der Waals surface area contributed by atoms with Crippen molar-refractivity contribution in [3.05, 3.63) is 32.7 Å². The van der Waals surface area contributed by atoms with Crippen LogP contribution in [0.3, 0.4) is 0 Å². The minimum absolute atomic E-state index is 0.0362. The third-order valence-corrected chi connectivity index (χ3v) is 3.71. The average molecular weight is 407 g/mol. The molecular weight excluding hydrogens is 399 g/mol. The molecular formula is C10H8Br2F3NOS. The molecule has 18 heavy (non-hydrogen) atoms. The summed E-state index contributed by atoms with van der Waals surface area (Å²) >= 11 is 6.30. The van der Waals surface area contributed by atoms with Gasteiger partial charge in [-0.15, -0.1) is 0 Å². The van der Waals surface area contributed by atoms with Gasteiger partial charge >= 0.3 is 5.51 Å². The number of carbonyl (C=O) groups is 1. The number of nitrogens with one attached hydrogen (secondary N) is 1. The van der Waals surface area contributed by atoms with Crippen molar-refractivity contribution in [1.29, 1.82) is 0 Å². The number of alkyl halides is 3. The summed E-state index contributed by atoms with van der Waals surface area (Å²) in [5.41, 5.74) is -3.88. The van der Waals surface area contributed by atoms with Gasteiger partial charge in [-0.05, 0) is 45.9 Å². The second-order valence-electron chi connectivity index (χ2n) is 3.17. The Balaban J connectivity index is 2.46. The summed E-state index contributed by atoms with van der Waals surface area (Å²) < 4.78 is 36.9. The quantitative estimate of drug-likeness (QED) is 0.759. The number of hydrogen-bond acceptors (Lipinski definition) is 2. The molecule has 1 rings (SSSR count). The van der Waals surface area contributed by atoms with Crippen molar-refractivity contribution in [2.24, 2.45) is 0 Å². The Labute approximate surface area is 123 Å². The van der Waals surface area contributed by atoms with Crippen LogP contribution in [0.4, 0.5) is 13.2 Å².